The molecule has 0 aliphatic heterocycles. The van der Waals surface area contributed by atoms with Gasteiger partial charge in [-0.3, -0.25) is 0 Å². The van der Waals surface area contributed by atoms with Crippen molar-refractivity contribution in [2.24, 2.45) is 0 Å². The van der Waals surface area contributed by atoms with E-state index in [1.54, 1.807) is 0 Å². The van der Waals surface area contributed by atoms with Crippen LogP contribution in [0.5, 0.6) is 0 Å². The molecule has 1 N–H and O–H groups in total. The molecule has 0 atom stereocenters. The summed E-state index contributed by atoms with van der Waals surface area (Å²) in [5.74, 6) is 0. The van der Waals surface area contributed by atoms with Gasteiger partial charge in [0.2, 0.25) is 0 Å². The van der Waals surface area contributed by atoms with Crippen molar-refractivity contribution in [2.45, 2.75) is 5.40 Å². The molecule has 0 fully saturated rings. The van der Waals surface area contributed by atoms with Gasteiger partial charge in [-0.1, -0.05) is 15.2 Å². The Labute approximate surface area is 81.8 Å². The third-order valence-corrected chi connectivity index (χ3v) is 4.38. The minimum Gasteiger partial charge on any atom is -0.810 e. The minimum absolute atomic E-state index is 0. The second kappa shape index (κ2) is 4.97. The molecule has 0 aliphatic carbocycles. The normalized spacial score (nSPS) is 12.8. The molecule has 0 bridgehead atoms. The first kappa shape index (κ1) is 15.4. The predicted molar refractivity (Wildman–Crippen MR) is 26.1 cm³/mol. The third kappa shape index (κ3) is 4.83. The van der Waals surface area contributed by atoms with E-state index in [0.29, 0.717) is 0 Å². The van der Waals surface area contributed by atoms with Crippen LogP contribution in [0.2, 0.25) is 0 Å². The van der Waals surface area contributed by atoms with Gasteiger partial charge in [0.1, 0.15) is 0 Å². The summed E-state index contributed by atoms with van der Waals surface area (Å²) in [6, 6.07) is 0. The predicted octanol–water partition coefficient (Wildman–Crippen LogP) is -3.87. The van der Waals surface area contributed by atoms with E-state index in [-0.39, 0.29) is 20.4 Å². The van der Waals surface area contributed by atoms with Crippen molar-refractivity contribution in [3.8, 4) is 0 Å². The molecule has 0 unspecified atom stereocenters. The smallest absolute Gasteiger partial charge is 0.0551 e. The van der Waals surface area contributed by atoms with E-state index in [2.05, 4.69) is 0 Å². The maximum Gasteiger partial charge on any atom is 0.0551 e. The molecule has 75 valence electrons. The Bertz CT molecular complexity index is 193. The molecule has 0 aliphatic rings. The van der Waals surface area contributed by atoms with Crippen LogP contribution in [-0.4, -0.2) is 17.1 Å². The van der Waals surface area contributed by atoms with E-state index < -0.39 is 27.2 Å². The van der Waals surface area contributed by atoms with Crippen molar-refractivity contribution in [2.75, 3.05) is 6.61 Å². The fourth-order valence-corrected chi connectivity index (χ4v) is 2.16. The molecule has 0 aromatic carbocycles. The summed E-state index contributed by atoms with van der Waals surface area (Å²) in [7, 11) is -11.1. The number of hydrogen-bond donors (Lipinski definition) is 1. The molecule has 7 nitrogen and oxygen atoms in total. The van der Waals surface area contributed by atoms with Crippen molar-refractivity contribution in [1.29, 1.82) is 0 Å². The van der Waals surface area contributed by atoms with E-state index in [1.165, 1.54) is 0 Å². The number of aliphatic hydroxyl groups is 1. The molecule has 0 aromatic rings. The Morgan fingerprint density at radius 3 is 1.33 bits per heavy atom. The molecule has 0 spiro atoms. The first-order valence-corrected chi connectivity index (χ1v) is 5.56. The molecule has 12 heavy (non-hydrogen) atoms. The van der Waals surface area contributed by atoms with Gasteiger partial charge in [0, 0.05) is 25.8 Å². The van der Waals surface area contributed by atoms with E-state index in [0.717, 1.165) is 0 Å². The van der Waals surface area contributed by atoms with Crippen molar-refractivity contribution in [1.82, 2.24) is 0 Å². The van der Waals surface area contributed by atoms with Gasteiger partial charge >= 0.3 is 0 Å². The summed E-state index contributed by atoms with van der Waals surface area (Å²) in [5.41, 5.74) is 0. The maximum absolute atomic E-state index is 9.95. The van der Waals surface area contributed by atoms with Crippen LogP contribution in [0.15, 0.2) is 0 Å². The van der Waals surface area contributed by atoms with Gasteiger partial charge in [-0.25, -0.2) is 0 Å². The third-order valence-electron chi connectivity index (χ3n) is 0.893. The summed E-state index contributed by atoms with van der Waals surface area (Å²) in [4.78, 5) is 39.8. The molecule has 0 amide bonds. The first-order chi connectivity index (χ1) is 4.69. The van der Waals surface area contributed by atoms with Crippen molar-refractivity contribution in [3.05, 3.63) is 0 Å². The largest absolute Gasteiger partial charge is 0.810 e. The zero-order valence-corrected chi connectivity index (χ0v) is 9.96. The SMILES string of the molecule is O=P([O-])([O-])C(CO)P(=O)([O-])[O-].[188Re]. The fourth-order valence-electron chi connectivity index (χ4n) is 0.373. The van der Waals surface area contributed by atoms with Gasteiger partial charge in [0.05, 0.1) is 6.61 Å². The van der Waals surface area contributed by atoms with Gasteiger partial charge in [-0.05, 0) is 0 Å². The van der Waals surface area contributed by atoms with E-state index in [4.69, 9.17) is 5.11 Å². The van der Waals surface area contributed by atoms with Gasteiger partial charge in [0.15, 0.2) is 0 Å². The van der Waals surface area contributed by atoms with E-state index >= 15 is 0 Å². The molecule has 1 radical (unpaired) electrons. The van der Waals surface area contributed by atoms with E-state index in [1.807, 2.05) is 0 Å². The molecule has 10 heteroatoms. The Hall–Kier alpha value is 0.922. The number of hydrogen-bond acceptors (Lipinski definition) is 7. The van der Waals surface area contributed by atoms with Gasteiger partial charge in [-0.15, -0.1) is 0 Å². The molecule has 0 aromatic heterocycles. The second-order valence-electron chi connectivity index (χ2n) is 1.74. The monoisotopic (exact) mass is 390 g/mol. The summed E-state index contributed by atoms with van der Waals surface area (Å²) in [6.45, 7) is -1.49. The van der Waals surface area contributed by atoms with Crippen molar-refractivity contribution >= 4 is 15.2 Å². The van der Waals surface area contributed by atoms with Gasteiger partial charge in [0.25, 0.3) is 0 Å². The van der Waals surface area contributed by atoms with Crippen LogP contribution in [0, 0.1) is 0 Å². The van der Waals surface area contributed by atoms with Crippen LogP contribution in [0.4, 0.5) is 0 Å². The van der Waals surface area contributed by atoms with Crippen LogP contribution in [0.25, 0.3) is 0 Å². The molecule has 0 rings (SSSR count). The summed E-state index contributed by atoms with van der Waals surface area (Å²) in [5, 5.41) is 5.31. The maximum atomic E-state index is 9.95. The van der Waals surface area contributed by atoms with Crippen LogP contribution in [-0.2, 0) is 29.6 Å². The standard InChI is InChI=1S/C2H8O7P2.Re/c3-1-2(10(4,5)6)11(7,8)9;/h2-3H,1H2,(H2,4,5,6)(H2,7,8,9);/p-4/i;1+2. The molecule has 0 heterocycles. The topological polar surface area (TPSA) is 147 Å². The van der Waals surface area contributed by atoms with Gasteiger partial charge < -0.3 is 33.8 Å². The molecular formula is C2H4O7P2Re-4. The van der Waals surface area contributed by atoms with Crippen LogP contribution in [0.3, 0.4) is 0 Å². The molecule has 0 saturated carbocycles. The van der Waals surface area contributed by atoms with E-state index in [9.17, 15) is 28.7 Å². The second-order valence-corrected chi connectivity index (χ2v) is 5.56. The zero-order valence-electron chi connectivity index (χ0n) is 5.45. The molecule has 0 saturated heterocycles. The van der Waals surface area contributed by atoms with Crippen LogP contribution in [0.1, 0.15) is 0 Å². The molecular weight excluding hydrogens is 386 g/mol. The van der Waals surface area contributed by atoms with Crippen LogP contribution < -0.4 is 19.6 Å². The summed E-state index contributed by atoms with van der Waals surface area (Å²) in [6.07, 6.45) is 0. The summed E-state index contributed by atoms with van der Waals surface area (Å²) >= 11 is 0. The van der Waals surface area contributed by atoms with Gasteiger partial charge in [-0.2, -0.15) is 0 Å². The van der Waals surface area contributed by atoms with Crippen molar-refractivity contribution < 1.29 is 54.2 Å². The average molecular weight is 390 g/mol. The average Bonchev–Trinajstić information content (AvgIpc) is 1.56. The summed E-state index contributed by atoms with van der Waals surface area (Å²) < 4.78 is 19.9. The Kier molecular flexibility index (Phi) is 6.37. The zero-order chi connectivity index (χ0) is 9.28. The Balaban J connectivity index is 0. The van der Waals surface area contributed by atoms with Crippen molar-refractivity contribution in [3.63, 3.8) is 0 Å². The van der Waals surface area contributed by atoms with Crippen LogP contribution >= 0.6 is 15.2 Å². The number of aliphatic hydroxyl groups excluding tert-OH is 1. The fraction of sp³-hybridized carbons (Fsp3) is 1.00. The minimum atomic E-state index is -5.54. The number of rotatable bonds is 3. The Morgan fingerprint density at radius 2 is 1.33 bits per heavy atom. The Morgan fingerprint density at radius 1 is 1.08 bits per heavy atom. The quantitative estimate of drug-likeness (QED) is 0.485. The first-order valence-electron chi connectivity index (χ1n) is 2.34.